The second-order valence-electron chi connectivity index (χ2n) is 10.9. The van der Waals surface area contributed by atoms with E-state index in [1.165, 1.54) is 38.7 Å². The van der Waals surface area contributed by atoms with Crippen molar-refractivity contribution in [3.05, 3.63) is 127 Å². The number of aromatic nitrogens is 2. The summed E-state index contributed by atoms with van der Waals surface area (Å²) in [6, 6.07) is 27.0. The van der Waals surface area contributed by atoms with Crippen LogP contribution in [-0.4, -0.2) is 24.6 Å². The standard InChI is InChI=1S/C29H26N3OS2.C7H8O3S/c1-4-31-25(34-24-17-15-19-10-6-8-12-21(19)27(24)31)18-26-32(5-2)29(33)28(35-26)23-16-14-20-11-7-9-13-22(20)30(23)3;1-6-2-4-7(5-3-6)11(8,9)10/h6-18H,4-5H2,1-3H3;2-5H,1H3,(H,8,9,10)/q+1;/p-1/b28-23+;. The number of aryl methyl sites for hydroxylation is 2. The summed E-state index contributed by atoms with van der Waals surface area (Å²) in [6.45, 7) is 7.56. The summed E-state index contributed by atoms with van der Waals surface area (Å²) in [5.74, 6) is 0. The van der Waals surface area contributed by atoms with Crippen molar-refractivity contribution in [2.75, 3.05) is 11.9 Å². The molecule has 0 saturated carbocycles. The molecule has 0 atom stereocenters. The van der Waals surface area contributed by atoms with Gasteiger partial charge in [0.15, 0.2) is 0 Å². The Hall–Kier alpha value is -4.35. The van der Waals surface area contributed by atoms with E-state index in [-0.39, 0.29) is 10.5 Å². The molecule has 1 aliphatic rings. The number of anilines is 1. The predicted octanol–water partition coefficient (Wildman–Crippen LogP) is 5.60. The second-order valence-corrected chi connectivity index (χ2v) is 14.4. The lowest BCUT2D eigenvalue weighted by Gasteiger charge is -2.25. The van der Waals surface area contributed by atoms with Crippen LogP contribution < -0.4 is 24.2 Å². The summed E-state index contributed by atoms with van der Waals surface area (Å²) >= 11 is 3.37. The summed E-state index contributed by atoms with van der Waals surface area (Å²) < 4.78 is 38.5. The highest BCUT2D eigenvalue weighted by atomic mass is 32.2. The molecule has 0 unspecified atom stereocenters. The Morgan fingerprint density at radius 1 is 0.891 bits per heavy atom. The van der Waals surface area contributed by atoms with Crippen molar-refractivity contribution in [3.8, 4) is 0 Å². The fraction of sp³-hybridized carbons (Fsp3) is 0.167. The molecule has 0 spiro atoms. The van der Waals surface area contributed by atoms with Gasteiger partial charge in [-0.05, 0) is 68.1 Å². The molecule has 46 heavy (non-hydrogen) atoms. The van der Waals surface area contributed by atoms with Gasteiger partial charge in [-0.3, -0.25) is 9.36 Å². The maximum Gasteiger partial charge on any atom is 0.271 e. The minimum Gasteiger partial charge on any atom is -0.744 e. The van der Waals surface area contributed by atoms with Gasteiger partial charge in [-0.1, -0.05) is 77.6 Å². The third kappa shape index (κ3) is 5.96. The molecule has 0 N–H and O–H groups in total. The zero-order valence-electron chi connectivity index (χ0n) is 25.9. The molecule has 0 amide bonds. The number of hydrogen-bond acceptors (Lipinski definition) is 7. The summed E-state index contributed by atoms with van der Waals surface area (Å²) in [7, 11) is -2.23. The van der Waals surface area contributed by atoms with Gasteiger partial charge >= 0.3 is 0 Å². The smallest absolute Gasteiger partial charge is 0.271 e. The maximum atomic E-state index is 13.5. The molecule has 3 heterocycles. The van der Waals surface area contributed by atoms with E-state index < -0.39 is 10.1 Å². The first-order valence-corrected chi connectivity index (χ1v) is 18.0. The normalized spacial score (nSPS) is 14.5. The SMILES string of the molecule is CCn1c(=Cc2sc3ccc4ccccc4c3[n+]2CC)s/c(=C2\C=Cc3ccccc3N2C)c1=O.Cc1ccc(S(=O)(=O)[O-])cc1. The van der Waals surface area contributed by atoms with E-state index in [2.05, 4.69) is 83.1 Å². The molecule has 0 bridgehead atoms. The third-order valence-electron chi connectivity index (χ3n) is 8.03. The van der Waals surface area contributed by atoms with Crippen molar-refractivity contribution in [1.29, 1.82) is 0 Å². The van der Waals surface area contributed by atoms with Gasteiger partial charge in [-0.15, -0.1) is 11.3 Å². The molecule has 7 nitrogen and oxygen atoms in total. The first kappa shape index (κ1) is 31.6. The van der Waals surface area contributed by atoms with E-state index in [1.54, 1.807) is 34.8 Å². The molecule has 1 aliphatic heterocycles. The fourth-order valence-electron chi connectivity index (χ4n) is 5.67. The summed E-state index contributed by atoms with van der Waals surface area (Å²) in [5.41, 5.74) is 5.50. The summed E-state index contributed by atoms with van der Waals surface area (Å²) in [6.07, 6.45) is 6.37. The third-order valence-corrected chi connectivity index (χ3v) is 11.1. The molecule has 4 aromatic carbocycles. The number of likely N-dealkylation sites (N-methyl/N-ethyl adjacent to an activating group) is 1. The van der Waals surface area contributed by atoms with Crippen molar-refractivity contribution in [1.82, 2.24) is 4.57 Å². The Labute approximate surface area is 275 Å². The van der Waals surface area contributed by atoms with Crippen molar-refractivity contribution in [2.24, 2.45) is 0 Å². The molecular weight excluding hydrogens is 635 g/mol. The highest BCUT2D eigenvalue weighted by Crippen LogP contribution is 2.30. The van der Waals surface area contributed by atoms with E-state index >= 15 is 0 Å². The number of fused-ring (bicyclic) bond motifs is 4. The Bertz CT molecular complexity index is 2420. The molecule has 6 aromatic rings. The maximum absolute atomic E-state index is 13.5. The quantitative estimate of drug-likeness (QED) is 0.181. The van der Waals surface area contributed by atoms with Crippen LogP contribution in [0.1, 0.15) is 30.0 Å². The Kier molecular flexibility index (Phi) is 8.80. The highest BCUT2D eigenvalue weighted by molar-refractivity contribution is 7.85. The Morgan fingerprint density at radius 3 is 2.33 bits per heavy atom. The molecule has 0 saturated heterocycles. The lowest BCUT2D eigenvalue weighted by atomic mass is 10.1. The van der Waals surface area contributed by atoms with Gasteiger partial charge in [0.05, 0.1) is 22.1 Å². The lowest BCUT2D eigenvalue weighted by Crippen LogP contribution is -2.36. The number of thiazole rings is 2. The number of rotatable bonds is 4. The van der Waals surface area contributed by atoms with Gasteiger partial charge in [-0.2, -0.15) is 4.57 Å². The number of hydrogen-bond donors (Lipinski definition) is 0. The number of benzene rings is 4. The zero-order chi connectivity index (χ0) is 32.6. The number of nitrogens with zero attached hydrogens (tertiary/aromatic N) is 3. The zero-order valence-corrected chi connectivity index (χ0v) is 28.4. The van der Waals surface area contributed by atoms with Crippen LogP contribution in [0.25, 0.3) is 38.8 Å². The first-order chi connectivity index (χ1) is 22.1. The molecule has 2 aromatic heterocycles. The Morgan fingerprint density at radius 2 is 1.61 bits per heavy atom. The average Bonchev–Trinajstić information content (AvgIpc) is 3.57. The van der Waals surface area contributed by atoms with E-state index in [4.69, 9.17) is 0 Å². The van der Waals surface area contributed by atoms with E-state index in [0.29, 0.717) is 6.54 Å². The summed E-state index contributed by atoms with van der Waals surface area (Å²) in [4.78, 5) is 15.5. The van der Waals surface area contributed by atoms with Gasteiger partial charge in [-0.25, -0.2) is 8.42 Å². The average molecular weight is 668 g/mol. The van der Waals surface area contributed by atoms with Crippen LogP contribution in [0.5, 0.6) is 0 Å². The van der Waals surface area contributed by atoms with Crippen LogP contribution in [0.4, 0.5) is 5.69 Å². The van der Waals surface area contributed by atoms with Gasteiger partial charge in [0, 0.05) is 19.3 Å². The summed E-state index contributed by atoms with van der Waals surface area (Å²) in [5, 5.41) is 3.68. The fourth-order valence-corrected chi connectivity index (χ4v) is 8.60. The number of para-hydroxylation sites is 1. The largest absolute Gasteiger partial charge is 0.744 e. The van der Waals surface area contributed by atoms with E-state index in [0.717, 1.165) is 37.7 Å². The van der Waals surface area contributed by atoms with Crippen LogP contribution in [0.15, 0.2) is 101 Å². The van der Waals surface area contributed by atoms with E-state index in [9.17, 15) is 17.8 Å². The molecule has 10 heteroatoms. The Balaban J connectivity index is 0.000000288. The van der Waals surface area contributed by atoms with Crippen molar-refractivity contribution < 1.29 is 17.5 Å². The van der Waals surface area contributed by atoms with Crippen molar-refractivity contribution in [3.63, 3.8) is 0 Å². The molecule has 0 radical (unpaired) electrons. The lowest BCUT2D eigenvalue weighted by molar-refractivity contribution is -0.664. The minimum atomic E-state index is -4.27. The first-order valence-electron chi connectivity index (χ1n) is 14.9. The molecule has 7 rings (SSSR count). The van der Waals surface area contributed by atoms with Crippen molar-refractivity contribution >= 4 is 77.3 Å². The molecule has 234 valence electrons. The second kappa shape index (κ2) is 12.8. The van der Waals surface area contributed by atoms with E-state index in [1.807, 2.05) is 37.6 Å². The highest BCUT2D eigenvalue weighted by Gasteiger charge is 2.21. The van der Waals surface area contributed by atoms with Gasteiger partial charge in [0.2, 0.25) is 5.52 Å². The predicted molar refractivity (Wildman–Crippen MR) is 189 cm³/mol. The molecule has 0 fully saturated rings. The van der Waals surface area contributed by atoms with Gasteiger partial charge < -0.3 is 9.45 Å². The minimum absolute atomic E-state index is 0.0734. The topological polar surface area (TPSA) is 86.3 Å². The van der Waals surface area contributed by atoms with Crippen LogP contribution in [0, 0.1) is 6.92 Å². The van der Waals surface area contributed by atoms with Crippen LogP contribution in [-0.2, 0) is 23.2 Å². The van der Waals surface area contributed by atoms with Crippen LogP contribution in [0.2, 0.25) is 0 Å². The van der Waals surface area contributed by atoms with Gasteiger partial charge in [0.1, 0.15) is 30.6 Å². The molecular formula is C36H33N3O4S3. The monoisotopic (exact) mass is 667 g/mol. The van der Waals surface area contributed by atoms with Crippen LogP contribution >= 0.6 is 22.7 Å². The van der Waals surface area contributed by atoms with Crippen molar-refractivity contribution in [2.45, 2.75) is 38.8 Å². The van der Waals surface area contributed by atoms with Crippen LogP contribution in [0.3, 0.4) is 0 Å². The van der Waals surface area contributed by atoms with Gasteiger partial charge in [0.25, 0.3) is 10.6 Å². The molecule has 0 aliphatic carbocycles.